The molecule has 1 saturated carbocycles. The molecule has 1 aromatic rings. The number of nitrogens with zero attached hydrogens (tertiary/aromatic N) is 1. The van der Waals surface area contributed by atoms with Crippen LogP contribution in [0.25, 0.3) is 0 Å². The number of hydrogen-bond acceptors (Lipinski definition) is 2. The molecule has 3 rings (SSSR count). The van der Waals surface area contributed by atoms with Crippen molar-refractivity contribution in [2.24, 2.45) is 5.92 Å². The van der Waals surface area contributed by atoms with Gasteiger partial charge in [-0.15, -0.1) is 0 Å². The van der Waals surface area contributed by atoms with Crippen molar-refractivity contribution in [3.05, 3.63) is 29.8 Å². The lowest BCUT2D eigenvalue weighted by molar-refractivity contribution is 0.121. The Labute approximate surface area is 123 Å². The summed E-state index contributed by atoms with van der Waals surface area (Å²) in [4.78, 5) is 2.82. The van der Waals surface area contributed by atoms with Crippen molar-refractivity contribution in [1.82, 2.24) is 4.90 Å². The van der Waals surface area contributed by atoms with Crippen molar-refractivity contribution in [3.63, 3.8) is 0 Å². The maximum Gasteiger partial charge on any atom is 0.0373 e. The van der Waals surface area contributed by atoms with Crippen molar-refractivity contribution in [2.45, 2.75) is 58.0 Å². The fraction of sp³-hybridized carbons (Fsp3) is 0.667. The zero-order valence-electron chi connectivity index (χ0n) is 12.9. The van der Waals surface area contributed by atoms with E-state index in [-0.39, 0.29) is 0 Å². The molecule has 0 saturated heterocycles. The lowest BCUT2D eigenvalue weighted by Crippen LogP contribution is -2.49. The predicted molar refractivity (Wildman–Crippen MR) is 86.2 cm³/mol. The highest BCUT2D eigenvalue weighted by atomic mass is 15.2. The van der Waals surface area contributed by atoms with Crippen molar-refractivity contribution in [1.29, 1.82) is 0 Å². The van der Waals surface area contributed by atoms with Crippen LogP contribution in [0.15, 0.2) is 24.3 Å². The average molecular weight is 272 g/mol. The van der Waals surface area contributed by atoms with Crippen LogP contribution in [0.5, 0.6) is 0 Å². The zero-order valence-corrected chi connectivity index (χ0v) is 12.9. The van der Waals surface area contributed by atoms with E-state index in [1.54, 1.807) is 0 Å². The number of para-hydroxylation sites is 1. The van der Waals surface area contributed by atoms with E-state index in [0.717, 1.165) is 18.5 Å². The highest BCUT2D eigenvalue weighted by Gasteiger charge is 2.31. The molecule has 0 spiro atoms. The number of benzene rings is 1. The van der Waals surface area contributed by atoms with Gasteiger partial charge < -0.3 is 5.32 Å². The quantitative estimate of drug-likeness (QED) is 0.893. The summed E-state index contributed by atoms with van der Waals surface area (Å²) in [6.07, 6.45) is 6.88. The van der Waals surface area contributed by atoms with Gasteiger partial charge >= 0.3 is 0 Å². The molecule has 1 atom stereocenters. The van der Waals surface area contributed by atoms with Gasteiger partial charge in [-0.1, -0.05) is 44.9 Å². The topological polar surface area (TPSA) is 15.3 Å². The van der Waals surface area contributed by atoms with Crippen molar-refractivity contribution in [2.75, 3.05) is 18.4 Å². The Bertz CT molecular complexity index is 435. The van der Waals surface area contributed by atoms with Gasteiger partial charge in [0.1, 0.15) is 0 Å². The minimum absolute atomic E-state index is 0.676. The molecule has 0 bridgehead atoms. The van der Waals surface area contributed by atoms with Gasteiger partial charge in [0.15, 0.2) is 0 Å². The molecule has 1 unspecified atom stereocenters. The van der Waals surface area contributed by atoms with Crippen molar-refractivity contribution in [3.8, 4) is 0 Å². The van der Waals surface area contributed by atoms with Gasteiger partial charge in [0.2, 0.25) is 0 Å². The molecule has 0 radical (unpaired) electrons. The average Bonchev–Trinajstić information content (AvgIpc) is 2.98. The van der Waals surface area contributed by atoms with Crippen molar-refractivity contribution < 1.29 is 0 Å². The molecule has 20 heavy (non-hydrogen) atoms. The molecule has 1 fully saturated rings. The van der Waals surface area contributed by atoms with Crippen LogP contribution in [-0.4, -0.2) is 30.1 Å². The molecule has 2 heteroatoms. The minimum Gasteiger partial charge on any atom is -0.383 e. The third-order valence-corrected chi connectivity index (χ3v) is 4.84. The summed E-state index contributed by atoms with van der Waals surface area (Å²) in [7, 11) is 0. The Kier molecular flexibility index (Phi) is 4.30. The third kappa shape index (κ3) is 3.01. The monoisotopic (exact) mass is 272 g/mol. The first-order valence-electron chi connectivity index (χ1n) is 8.31. The van der Waals surface area contributed by atoms with Crippen LogP contribution in [0.2, 0.25) is 0 Å². The van der Waals surface area contributed by atoms with Crippen LogP contribution in [0.4, 0.5) is 5.69 Å². The second kappa shape index (κ2) is 6.17. The molecule has 2 aliphatic rings. The molecule has 1 aliphatic carbocycles. The second-order valence-corrected chi connectivity index (χ2v) is 6.92. The van der Waals surface area contributed by atoms with Gasteiger partial charge in [0.25, 0.3) is 0 Å². The van der Waals surface area contributed by atoms with E-state index in [1.807, 2.05) is 0 Å². The molecular formula is C18H28N2. The third-order valence-electron chi connectivity index (χ3n) is 4.84. The zero-order chi connectivity index (χ0) is 13.9. The highest BCUT2D eigenvalue weighted by molar-refractivity contribution is 5.53. The first kappa shape index (κ1) is 13.9. The minimum atomic E-state index is 0.676. The highest BCUT2D eigenvalue weighted by Crippen LogP contribution is 2.30. The molecule has 0 aromatic heterocycles. The first-order chi connectivity index (χ1) is 9.74. The Balaban J connectivity index is 1.74. The number of nitrogens with one attached hydrogen (secondary N) is 1. The van der Waals surface area contributed by atoms with Crippen LogP contribution in [-0.2, 0) is 6.42 Å². The Hall–Kier alpha value is -1.02. The Morgan fingerprint density at radius 3 is 2.65 bits per heavy atom. The maximum atomic E-state index is 3.65. The summed E-state index contributed by atoms with van der Waals surface area (Å²) >= 11 is 0. The molecular weight excluding hydrogens is 244 g/mol. The molecule has 1 aliphatic heterocycles. The number of rotatable bonds is 4. The number of anilines is 1. The summed E-state index contributed by atoms with van der Waals surface area (Å²) in [5.74, 6) is 0.757. The van der Waals surface area contributed by atoms with Crippen molar-refractivity contribution >= 4 is 5.69 Å². The van der Waals surface area contributed by atoms with Gasteiger partial charge in [-0.2, -0.15) is 0 Å². The molecule has 1 N–H and O–H groups in total. The number of fused-ring (bicyclic) bond motifs is 1. The first-order valence-corrected chi connectivity index (χ1v) is 8.31. The smallest absolute Gasteiger partial charge is 0.0373 e. The standard InChI is InChI=1S/C18H28N2/c1-14(2)13-20(16-8-4-5-9-16)17-11-15-7-3-6-10-18(15)19-12-17/h3,6-7,10,14,16-17,19H,4-5,8-9,11-13H2,1-2H3. The SMILES string of the molecule is CC(C)CN(C1CCCC1)C1CNc2ccccc2C1. The predicted octanol–water partition coefficient (Wildman–Crippen LogP) is 3.92. The van der Waals surface area contributed by atoms with E-state index in [9.17, 15) is 0 Å². The fourth-order valence-corrected chi connectivity index (χ4v) is 3.91. The molecule has 1 aromatic carbocycles. The summed E-state index contributed by atoms with van der Waals surface area (Å²) in [5, 5.41) is 3.65. The lowest BCUT2D eigenvalue weighted by Gasteiger charge is -2.40. The lowest BCUT2D eigenvalue weighted by atomic mass is 9.96. The van der Waals surface area contributed by atoms with Gasteiger partial charge in [0.05, 0.1) is 0 Å². The molecule has 110 valence electrons. The second-order valence-electron chi connectivity index (χ2n) is 6.92. The van der Waals surface area contributed by atoms with E-state index in [4.69, 9.17) is 0 Å². The Morgan fingerprint density at radius 1 is 1.15 bits per heavy atom. The van der Waals surface area contributed by atoms with E-state index in [1.165, 1.54) is 49.9 Å². The maximum absolute atomic E-state index is 3.65. The number of hydrogen-bond donors (Lipinski definition) is 1. The normalized spacial score (nSPS) is 23.1. The summed E-state index contributed by atoms with van der Waals surface area (Å²) in [6, 6.07) is 10.3. The van der Waals surface area contributed by atoms with E-state index in [2.05, 4.69) is 48.3 Å². The molecule has 0 amide bonds. The van der Waals surface area contributed by atoms with Gasteiger partial charge in [0, 0.05) is 30.9 Å². The fourth-order valence-electron chi connectivity index (χ4n) is 3.91. The van der Waals surface area contributed by atoms with Crippen LogP contribution < -0.4 is 5.32 Å². The van der Waals surface area contributed by atoms with Gasteiger partial charge in [-0.05, 0) is 36.8 Å². The van der Waals surface area contributed by atoms with E-state index >= 15 is 0 Å². The Morgan fingerprint density at radius 2 is 1.90 bits per heavy atom. The summed E-state index contributed by atoms with van der Waals surface area (Å²) in [5.41, 5.74) is 2.84. The van der Waals surface area contributed by atoms with Crippen LogP contribution in [0, 0.1) is 5.92 Å². The van der Waals surface area contributed by atoms with E-state index in [0.29, 0.717) is 6.04 Å². The largest absolute Gasteiger partial charge is 0.383 e. The van der Waals surface area contributed by atoms with Crippen LogP contribution in [0.1, 0.15) is 45.1 Å². The van der Waals surface area contributed by atoms with Gasteiger partial charge in [-0.3, -0.25) is 4.90 Å². The van der Waals surface area contributed by atoms with Crippen LogP contribution in [0.3, 0.4) is 0 Å². The summed E-state index contributed by atoms with van der Waals surface area (Å²) in [6.45, 7) is 7.07. The molecule has 2 nitrogen and oxygen atoms in total. The van der Waals surface area contributed by atoms with E-state index < -0.39 is 0 Å². The summed E-state index contributed by atoms with van der Waals surface area (Å²) < 4.78 is 0. The molecule has 1 heterocycles. The van der Waals surface area contributed by atoms with Crippen LogP contribution >= 0.6 is 0 Å². The van der Waals surface area contributed by atoms with Gasteiger partial charge in [-0.25, -0.2) is 0 Å².